The predicted octanol–water partition coefficient (Wildman–Crippen LogP) is 2.98. The van der Waals surface area contributed by atoms with Crippen LogP contribution in [0.2, 0.25) is 10.0 Å². The largest absolute Gasteiger partial charge is 0.397 e. The molecule has 0 saturated heterocycles. The lowest BCUT2D eigenvalue weighted by Crippen LogP contribution is -2.18. The van der Waals surface area contributed by atoms with Crippen LogP contribution in [0, 0.1) is 0 Å². The van der Waals surface area contributed by atoms with Crippen molar-refractivity contribution in [3.63, 3.8) is 0 Å². The molecule has 0 radical (unpaired) electrons. The predicted molar refractivity (Wildman–Crippen MR) is 108 cm³/mol. The third-order valence-electron chi connectivity index (χ3n) is 3.66. The number of anilines is 2. The minimum absolute atomic E-state index is 0.253. The number of carbonyl (C=O) groups excluding carboxylic acids is 1. The first-order chi connectivity index (χ1) is 12.4. The number of primary amides is 1. The van der Waals surface area contributed by atoms with Gasteiger partial charge in [-0.1, -0.05) is 29.3 Å². The normalized spacial score (nSPS) is 11.0. The van der Waals surface area contributed by atoms with Gasteiger partial charge in [-0.15, -0.1) is 11.3 Å². The molecule has 7 nitrogen and oxygen atoms in total. The first kappa shape index (κ1) is 18.7. The first-order valence-corrected chi connectivity index (χ1v) is 9.23. The topological polar surface area (TPSA) is 119 Å². The van der Waals surface area contributed by atoms with Gasteiger partial charge in [0.15, 0.2) is 0 Å². The van der Waals surface area contributed by atoms with Crippen LogP contribution in [0.4, 0.5) is 11.6 Å². The van der Waals surface area contributed by atoms with Crippen molar-refractivity contribution in [1.29, 1.82) is 0 Å². The Bertz CT molecular complexity index is 991. The highest BCUT2D eigenvalue weighted by Crippen LogP contribution is 2.40. The van der Waals surface area contributed by atoms with E-state index in [2.05, 4.69) is 20.6 Å². The maximum atomic E-state index is 11.7. The molecule has 0 aliphatic carbocycles. The second-order valence-corrected chi connectivity index (χ2v) is 7.26. The number of thiophene rings is 1. The maximum absolute atomic E-state index is 11.7. The molecule has 0 unspecified atom stereocenters. The van der Waals surface area contributed by atoms with Crippen molar-refractivity contribution in [1.82, 2.24) is 15.3 Å². The molecule has 2 heterocycles. The zero-order valence-electron chi connectivity index (χ0n) is 13.8. The van der Waals surface area contributed by atoms with Crippen LogP contribution in [-0.4, -0.2) is 36.0 Å². The zero-order valence-corrected chi connectivity index (χ0v) is 16.1. The van der Waals surface area contributed by atoms with Crippen LogP contribution >= 0.6 is 34.5 Å². The van der Waals surface area contributed by atoms with Crippen molar-refractivity contribution >= 4 is 62.3 Å². The van der Waals surface area contributed by atoms with E-state index in [1.54, 1.807) is 18.2 Å². The van der Waals surface area contributed by atoms with E-state index in [1.807, 2.05) is 7.05 Å². The number of hydrogen-bond acceptors (Lipinski definition) is 7. The van der Waals surface area contributed by atoms with Crippen molar-refractivity contribution in [3.05, 3.63) is 33.1 Å². The number of nitrogen functional groups attached to an aromatic ring is 1. The fourth-order valence-electron chi connectivity index (χ4n) is 2.44. The summed E-state index contributed by atoms with van der Waals surface area (Å²) in [4.78, 5) is 21.5. The summed E-state index contributed by atoms with van der Waals surface area (Å²) < 4.78 is 0. The fraction of sp³-hybridized carbons (Fsp3) is 0.188. The van der Waals surface area contributed by atoms with Gasteiger partial charge in [-0.3, -0.25) is 4.79 Å². The number of rotatable bonds is 6. The number of fused-ring (bicyclic) bond motifs is 1. The van der Waals surface area contributed by atoms with Crippen LogP contribution in [0.5, 0.6) is 0 Å². The zero-order chi connectivity index (χ0) is 18.8. The number of aromatic nitrogens is 2. The Labute approximate surface area is 163 Å². The van der Waals surface area contributed by atoms with Crippen molar-refractivity contribution in [3.8, 4) is 11.3 Å². The van der Waals surface area contributed by atoms with Crippen LogP contribution in [0.15, 0.2) is 18.2 Å². The smallest absolute Gasteiger partial charge is 0.260 e. The monoisotopic (exact) mass is 410 g/mol. The van der Waals surface area contributed by atoms with Gasteiger partial charge in [-0.2, -0.15) is 0 Å². The van der Waals surface area contributed by atoms with Gasteiger partial charge in [0.25, 0.3) is 5.91 Å². The maximum Gasteiger partial charge on any atom is 0.260 e. The molecule has 0 aliphatic heterocycles. The van der Waals surface area contributed by atoms with Crippen molar-refractivity contribution < 1.29 is 4.79 Å². The molecular weight excluding hydrogens is 395 g/mol. The number of carbonyl (C=O) groups is 1. The lowest BCUT2D eigenvalue weighted by Gasteiger charge is -2.09. The summed E-state index contributed by atoms with van der Waals surface area (Å²) in [6.07, 6.45) is 0. The molecule has 1 aromatic carbocycles. The first-order valence-electron chi connectivity index (χ1n) is 7.66. The number of nitrogens with two attached hydrogens (primary N) is 2. The molecular formula is C16H16Cl2N6OS. The van der Waals surface area contributed by atoms with Gasteiger partial charge in [-0.05, 0) is 19.2 Å². The number of nitrogens with one attached hydrogen (secondary N) is 2. The molecule has 10 heteroatoms. The van der Waals surface area contributed by atoms with Gasteiger partial charge in [0.2, 0.25) is 5.95 Å². The van der Waals surface area contributed by atoms with Crippen molar-refractivity contribution in [2.45, 2.75) is 0 Å². The molecule has 0 fully saturated rings. The average molecular weight is 411 g/mol. The van der Waals surface area contributed by atoms with E-state index in [-0.39, 0.29) is 10.6 Å². The minimum Gasteiger partial charge on any atom is -0.397 e. The molecule has 1 amide bonds. The molecule has 0 atom stereocenters. The fourth-order valence-corrected chi connectivity index (χ4v) is 3.68. The number of halogens is 2. The van der Waals surface area contributed by atoms with Crippen LogP contribution in [-0.2, 0) is 0 Å². The Hall–Kier alpha value is -2.13. The quantitative estimate of drug-likeness (QED) is 0.463. The van der Waals surface area contributed by atoms with Gasteiger partial charge in [0.05, 0.1) is 26.8 Å². The molecule has 136 valence electrons. The van der Waals surface area contributed by atoms with E-state index in [1.165, 1.54) is 0 Å². The Kier molecular flexibility index (Phi) is 5.47. The van der Waals surface area contributed by atoms with E-state index in [0.717, 1.165) is 17.9 Å². The Morgan fingerprint density at radius 2 is 2.00 bits per heavy atom. The van der Waals surface area contributed by atoms with Crippen LogP contribution in [0.3, 0.4) is 0 Å². The molecule has 0 spiro atoms. The average Bonchev–Trinajstić information content (AvgIpc) is 2.94. The summed E-state index contributed by atoms with van der Waals surface area (Å²) in [6, 6.07) is 5.16. The molecule has 6 N–H and O–H groups in total. The van der Waals surface area contributed by atoms with Crippen molar-refractivity contribution in [2.75, 3.05) is 31.2 Å². The summed E-state index contributed by atoms with van der Waals surface area (Å²) in [6.45, 7) is 1.37. The highest BCUT2D eigenvalue weighted by atomic mass is 35.5. The number of hydrogen-bond donors (Lipinski definition) is 4. The number of amides is 1. The number of nitrogens with zero attached hydrogens (tertiary/aromatic N) is 2. The molecule has 2 aromatic heterocycles. The molecule has 0 bridgehead atoms. The molecule has 26 heavy (non-hydrogen) atoms. The van der Waals surface area contributed by atoms with E-state index in [9.17, 15) is 4.79 Å². The van der Waals surface area contributed by atoms with E-state index in [0.29, 0.717) is 44.0 Å². The summed E-state index contributed by atoms with van der Waals surface area (Å²) in [5.74, 6) is -0.179. The highest BCUT2D eigenvalue weighted by Gasteiger charge is 2.21. The minimum atomic E-state index is -0.602. The van der Waals surface area contributed by atoms with Gasteiger partial charge in [-0.25, -0.2) is 9.97 Å². The number of benzene rings is 1. The standard InChI is InChI=1S/C16H16Cl2N6OS/c1-21-4-5-22-16-23-12(7-2-3-8(17)9(18)6-7)10-11(19)13(14(20)25)26-15(10)24-16/h2-3,6,21H,4-5,19H2,1H3,(H2,20,25)(H,22,23,24). The molecule has 0 saturated carbocycles. The Morgan fingerprint density at radius 3 is 2.65 bits per heavy atom. The lowest BCUT2D eigenvalue weighted by molar-refractivity contribution is 0.100. The van der Waals surface area contributed by atoms with E-state index >= 15 is 0 Å². The summed E-state index contributed by atoms with van der Waals surface area (Å²) in [7, 11) is 1.85. The Morgan fingerprint density at radius 1 is 1.23 bits per heavy atom. The second-order valence-electron chi connectivity index (χ2n) is 5.44. The van der Waals surface area contributed by atoms with Crippen LogP contribution in [0.1, 0.15) is 9.67 Å². The molecule has 3 aromatic rings. The van der Waals surface area contributed by atoms with E-state index in [4.69, 9.17) is 34.7 Å². The second kappa shape index (κ2) is 7.63. The summed E-state index contributed by atoms with van der Waals surface area (Å²) in [5.41, 5.74) is 13.1. The summed E-state index contributed by atoms with van der Waals surface area (Å²) in [5, 5.41) is 7.57. The van der Waals surface area contributed by atoms with Crippen LogP contribution < -0.4 is 22.1 Å². The van der Waals surface area contributed by atoms with Gasteiger partial charge >= 0.3 is 0 Å². The van der Waals surface area contributed by atoms with Gasteiger partial charge < -0.3 is 22.1 Å². The van der Waals surface area contributed by atoms with Crippen molar-refractivity contribution in [2.24, 2.45) is 5.73 Å². The Balaban J connectivity index is 2.22. The molecule has 0 aliphatic rings. The van der Waals surface area contributed by atoms with Gasteiger partial charge in [0.1, 0.15) is 9.71 Å². The third-order valence-corrected chi connectivity index (χ3v) is 5.52. The summed E-state index contributed by atoms with van der Waals surface area (Å²) >= 11 is 13.3. The highest BCUT2D eigenvalue weighted by molar-refractivity contribution is 7.21. The van der Waals surface area contributed by atoms with Crippen LogP contribution in [0.25, 0.3) is 21.5 Å². The third kappa shape index (κ3) is 3.54. The number of likely N-dealkylation sites (N-methyl/N-ethyl adjacent to an activating group) is 1. The lowest BCUT2D eigenvalue weighted by atomic mass is 10.1. The SMILES string of the molecule is CNCCNc1nc(-c2ccc(Cl)c(Cl)c2)c2c(N)c(C(N)=O)sc2n1. The van der Waals surface area contributed by atoms with E-state index < -0.39 is 5.91 Å². The molecule has 3 rings (SSSR count). The van der Waals surface area contributed by atoms with Gasteiger partial charge in [0, 0.05) is 18.7 Å².